The Balaban J connectivity index is 1.47. The largest absolute Gasteiger partial charge is 0.489 e. The summed E-state index contributed by atoms with van der Waals surface area (Å²) in [6.07, 6.45) is 1.73. The topological polar surface area (TPSA) is 59.0 Å². The first-order chi connectivity index (χ1) is 14.4. The van der Waals surface area contributed by atoms with Crippen molar-refractivity contribution < 1.29 is 23.8 Å². The highest BCUT2D eigenvalue weighted by atomic mass is 35.5. The Bertz CT molecular complexity index is 940. The highest BCUT2D eigenvalue weighted by Gasteiger charge is 2.44. The lowest BCUT2D eigenvalue weighted by Crippen LogP contribution is -2.44. The van der Waals surface area contributed by atoms with Crippen molar-refractivity contribution in [2.45, 2.75) is 31.3 Å². The molecule has 160 valence electrons. The second kappa shape index (κ2) is 8.61. The Morgan fingerprint density at radius 1 is 1.20 bits per heavy atom. The lowest BCUT2D eigenvalue weighted by Gasteiger charge is -2.38. The number of aliphatic carboxylic acids is 1. The molecule has 0 saturated carbocycles. The van der Waals surface area contributed by atoms with Gasteiger partial charge in [0.1, 0.15) is 6.61 Å². The van der Waals surface area contributed by atoms with Gasteiger partial charge in [-0.3, -0.25) is 4.79 Å². The third-order valence-electron chi connectivity index (χ3n) is 6.01. The summed E-state index contributed by atoms with van der Waals surface area (Å²) in [7, 11) is 0. The van der Waals surface area contributed by atoms with Crippen molar-refractivity contribution in [2.24, 2.45) is 0 Å². The summed E-state index contributed by atoms with van der Waals surface area (Å²) in [5, 5.41) is 9.80. The zero-order valence-electron chi connectivity index (χ0n) is 16.3. The molecule has 1 N–H and O–H groups in total. The van der Waals surface area contributed by atoms with E-state index in [-0.39, 0.29) is 29.9 Å². The summed E-state index contributed by atoms with van der Waals surface area (Å²) in [4.78, 5) is 12.9. The highest BCUT2D eigenvalue weighted by molar-refractivity contribution is 6.35. The molecule has 1 fully saturated rings. The van der Waals surface area contributed by atoms with Crippen LogP contribution in [0.2, 0.25) is 10.0 Å². The Morgan fingerprint density at radius 2 is 1.90 bits per heavy atom. The second-order valence-corrected chi connectivity index (χ2v) is 8.61. The molecule has 2 aliphatic heterocycles. The summed E-state index contributed by atoms with van der Waals surface area (Å²) < 4.78 is 26.6. The van der Waals surface area contributed by atoms with Gasteiger partial charge < -0.3 is 19.5 Å². The summed E-state index contributed by atoms with van der Waals surface area (Å²) >= 11 is 12.3. The molecule has 0 unspecified atom stereocenters. The number of hydrogen-bond donors (Lipinski definition) is 1. The number of halogens is 3. The van der Waals surface area contributed by atoms with E-state index < -0.39 is 11.8 Å². The van der Waals surface area contributed by atoms with Crippen molar-refractivity contribution in [3.8, 4) is 11.5 Å². The van der Waals surface area contributed by atoms with E-state index in [9.17, 15) is 4.79 Å². The molecule has 0 amide bonds. The van der Waals surface area contributed by atoms with Crippen LogP contribution >= 0.6 is 23.2 Å². The molecule has 2 aromatic carbocycles. The SMILES string of the molecule is O=C(O)CCN1CCC2(CC1)COc1c2ccc(OCc2c(Cl)cccc2Cl)c1F. The number of benzene rings is 2. The second-order valence-electron chi connectivity index (χ2n) is 7.80. The van der Waals surface area contributed by atoms with Crippen LogP contribution in [0, 0.1) is 5.82 Å². The number of ether oxygens (including phenoxy) is 2. The van der Waals surface area contributed by atoms with Gasteiger partial charge >= 0.3 is 5.97 Å². The number of hydrogen-bond acceptors (Lipinski definition) is 4. The molecule has 1 saturated heterocycles. The zero-order valence-corrected chi connectivity index (χ0v) is 17.8. The molecule has 8 heteroatoms. The smallest absolute Gasteiger partial charge is 0.304 e. The molecule has 0 radical (unpaired) electrons. The van der Waals surface area contributed by atoms with Crippen molar-refractivity contribution in [1.29, 1.82) is 0 Å². The van der Waals surface area contributed by atoms with E-state index in [4.69, 9.17) is 37.8 Å². The molecule has 4 rings (SSSR count). The Hall–Kier alpha value is -2.02. The van der Waals surface area contributed by atoms with Crippen LogP contribution in [0.15, 0.2) is 30.3 Å². The molecule has 0 atom stereocenters. The molecule has 2 aliphatic rings. The van der Waals surface area contributed by atoms with Gasteiger partial charge in [0.05, 0.1) is 13.0 Å². The summed E-state index contributed by atoms with van der Waals surface area (Å²) in [6.45, 7) is 2.54. The van der Waals surface area contributed by atoms with E-state index in [1.165, 1.54) is 0 Å². The molecule has 0 aliphatic carbocycles. The molecule has 0 bridgehead atoms. The minimum absolute atomic E-state index is 0.0535. The monoisotopic (exact) mass is 453 g/mol. The average Bonchev–Trinajstić information content (AvgIpc) is 3.07. The minimum atomic E-state index is -0.794. The average molecular weight is 454 g/mol. The van der Waals surface area contributed by atoms with E-state index in [1.54, 1.807) is 24.3 Å². The van der Waals surface area contributed by atoms with Crippen LogP contribution in [-0.2, 0) is 16.8 Å². The zero-order chi connectivity index (χ0) is 21.3. The van der Waals surface area contributed by atoms with E-state index >= 15 is 4.39 Å². The Labute approximate surface area is 184 Å². The maximum absolute atomic E-state index is 15.1. The van der Waals surface area contributed by atoms with Crippen molar-refractivity contribution in [2.75, 3.05) is 26.2 Å². The minimum Gasteiger partial charge on any atom is -0.489 e. The lowest BCUT2D eigenvalue weighted by molar-refractivity contribution is -0.137. The maximum atomic E-state index is 15.1. The number of carboxylic acid groups (broad SMARTS) is 1. The molecule has 30 heavy (non-hydrogen) atoms. The number of piperidine rings is 1. The van der Waals surface area contributed by atoms with Gasteiger partial charge in [0.15, 0.2) is 11.5 Å². The van der Waals surface area contributed by atoms with Gasteiger partial charge in [-0.25, -0.2) is 0 Å². The fourth-order valence-electron chi connectivity index (χ4n) is 4.19. The first-order valence-electron chi connectivity index (χ1n) is 9.85. The predicted octanol–water partition coefficient (Wildman–Crippen LogP) is 4.91. The standard InChI is InChI=1S/C22H22Cl2FNO4/c23-16-2-1-3-17(24)14(16)12-29-18-5-4-15-21(20(18)25)30-13-22(15)7-10-26(11-8-22)9-6-19(27)28/h1-5H,6-13H2,(H,27,28). The van der Waals surface area contributed by atoms with Gasteiger partial charge in [-0.15, -0.1) is 0 Å². The van der Waals surface area contributed by atoms with E-state index in [0.29, 0.717) is 28.8 Å². The predicted molar refractivity (Wildman–Crippen MR) is 112 cm³/mol. The fraction of sp³-hybridized carbons (Fsp3) is 0.409. The molecule has 5 nitrogen and oxygen atoms in total. The van der Waals surface area contributed by atoms with Crippen LogP contribution in [0.4, 0.5) is 4.39 Å². The number of fused-ring (bicyclic) bond motifs is 2. The van der Waals surface area contributed by atoms with Crippen LogP contribution < -0.4 is 9.47 Å². The van der Waals surface area contributed by atoms with Crippen molar-refractivity contribution >= 4 is 29.2 Å². The third kappa shape index (κ3) is 4.09. The summed E-state index contributed by atoms with van der Waals surface area (Å²) in [5.41, 5.74) is 1.23. The lowest BCUT2D eigenvalue weighted by atomic mass is 9.74. The molecule has 2 aromatic rings. The fourth-order valence-corrected chi connectivity index (χ4v) is 4.70. The highest BCUT2D eigenvalue weighted by Crippen LogP contribution is 2.48. The molecular formula is C22H22Cl2FNO4. The van der Waals surface area contributed by atoms with Crippen LogP contribution in [0.3, 0.4) is 0 Å². The molecule has 1 spiro atoms. The van der Waals surface area contributed by atoms with Crippen molar-refractivity contribution in [3.05, 3.63) is 57.3 Å². The number of likely N-dealkylation sites (tertiary alicyclic amines) is 1. The summed E-state index contributed by atoms with van der Waals surface area (Å²) in [6, 6.07) is 8.67. The van der Waals surface area contributed by atoms with Crippen LogP contribution in [0.5, 0.6) is 11.5 Å². The number of nitrogens with zero attached hydrogens (tertiary/aromatic N) is 1. The first kappa shape index (κ1) is 21.2. The van der Waals surface area contributed by atoms with Gasteiger partial charge in [0, 0.05) is 33.1 Å². The number of carbonyl (C=O) groups is 1. The first-order valence-corrected chi connectivity index (χ1v) is 10.6. The molecular weight excluding hydrogens is 432 g/mol. The van der Waals surface area contributed by atoms with Crippen LogP contribution in [0.25, 0.3) is 0 Å². The maximum Gasteiger partial charge on any atom is 0.304 e. The van der Waals surface area contributed by atoms with Gasteiger partial charge in [-0.1, -0.05) is 35.3 Å². The molecule has 2 heterocycles. The van der Waals surface area contributed by atoms with Crippen LogP contribution in [0.1, 0.15) is 30.4 Å². The van der Waals surface area contributed by atoms with E-state index in [1.807, 2.05) is 6.07 Å². The van der Waals surface area contributed by atoms with Crippen molar-refractivity contribution in [1.82, 2.24) is 4.90 Å². The van der Waals surface area contributed by atoms with E-state index in [2.05, 4.69) is 4.90 Å². The number of carboxylic acids is 1. The van der Waals surface area contributed by atoms with Gasteiger partial charge in [-0.05, 0) is 44.1 Å². The van der Waals surface area contributed by atoms with Crippen molar-refractivity contribution in [3.63, 3.8) is 0 Å². The van der Waals surface area contributed by atoms with E-state index in [0.717, 1.165) is 31.5 Å². The quantitative estimate of drug-likeness (QED) is 0.672. The Morgan fingerprint density at radius 3 is 2.57 bits per heavy atom. The number of rotatable bonds is 6. The van der Waals surface area contributed by atoms with Gasteiger partial charge in [0.25, 0.3) is 0 Å². The van der Waals surface area contributed by atoms with Gasteiger partial charge in [-0.2, -0.15) is 4.39 Å². The van der Waals surface area contributed by atoms with Gasteiger partial charge in [0.2, 0.25) is 5.82 Å². The Kier molecular flexibility index (Phi) is 6.09. The third-order valence-corrected chi connectivity index (χ3v) is 6.72. The molecule has 0 aromatic heterocycles. The normalized spacial score (nSPS) is 17.6. The van der Waals surface area contributed by atoms with Crippen LogP contribution in [-0.4, -0.2) is 42.2 Å². The summed E-state index contributed by atoms with van der Waals surface area (Å²) in [5.74, 6) is -0.962.